The molecule has 39 heavy (non-hydrogen) atoms. The fourth-order valence-corrected chi connectivity index (χ4v) is 4.88. The van der Waals surface area contributed by atoms with Crippen molar-refractivity contribution in [1.82, 2.24) is 0 Å². The van der Waals surface area contributed by atoms with Crippen LogP contribution in [0.3, 0.4) is 0 Å². The maximum atomic E-state index is 11.9. The monoisotopic (exact) mass is 554 g/mol. The van der Waals surface area contributed by atoms with E-state index in [0.29, 0.717) is 12.8 Å². The summed E-state index contributed by atoms with van der Waals surface area (Å²) in [5.74, 6) is 0.302. The van der Waals surface area contributed by atoms with Crippen molar-refractivity contribution in [2.24, 2.45) is 5.92 Å². The van der Waals surface area contributed by atoms with Gasteiger partial charge in [0.25, 0.3) is 0 Å². The summed E-state index contributed by atoms with van der Waals surface area (Å²) in [4.78, 5) is 23.8. The highest BCUT2D eigenvalue weighted by molar-refractivity contribution is 5.69. The third kappa shape index (κ3) is 29.7. The van der Waals surface area contributed by atoms with E-state index in [9.17, 15) is 14.7 Å². The minimum absolute atomic E-state index is 0.109. The van der Waals surface area contributed by atoms with Gasteiger partial charge in [-0.25, -0.2) is 0 Å². The molecule has 0 aliphatic carbocycles. The molecule has 0 amide bonds. The van der Waals surface area contributed by atoms with Gasteiger partial charge in [0.2, 0.25) is 0 Å². The molecule has 232 valence electrons. The van der Waals surface area contributed by atoms with Crippen LogP contribution in [0.5, 0.6) is 0 Å². The Balaban J connectivity index is 3.42. The van der Waals surface area contributed by atoms with Crippen molar-refractivity contribution in [3.8, 4) is 0 Å². The van der Waals surface area contributed by atoms with Crippen molar-refractivity contribution in [3.63, 3.8) is 0 Å². The molecule has 0 saturated carbocycles. The molecule has 0 rings (SSSR count). The molecule has 2 atom stereocenters. The third-order valence-electron chi connectivity index (χ3n) is 7.88. The molecule has 0 saturated heterocycles. The first-order valence-corrected chi connectivity index (χ1v) is 17.0. The van der Waals surface area contributed by atoms with E-state index in [-0.39, 0.29) is 25.2 Å². The topological polar surface area (TPSA) is 72.8 Å². The molecular formula is C34H66O5. The van der Waals surface area contributed by atoms with Crippen LogP contribution >= 0.6 is 0 Å². The smallest absolute Gasteiger partial charge is 0.305 e. The zero-order valence-electron chi connectivity index (χ0n) is 26.3. The van der Waals surface area contributed by atoms with E-state index in [2.05, 4.69) is 20.8 Å². The van der Waals surface area contributed by atoms with Crippen molar-refractivity contribution < 1.29 is 24.2 Å². The zero-order valence-corrected chi connectivity index (χ0v) is 26.3. The molecule has 0 aromatic heterocycles. The van der Waals surface area contributed by atoms with Crippen LogP contribution in [0.25, 0.3) is 0 Å². The number of aliphatic hydroxyl groups is 1. The van der Waals surface area contributed by atoms with Crippen LogP contribution in [0, 0.1) is 5.92 Å². The Kier molecular flexibility index (Phi) is 29.0. The third-order valence-corrected chi connectivity index (χ3v) is 7.88. The number of carbonyl (C=O) groups is 2. The van der Waals surface area contributed by atoms with Gasteiger partial charge in [-0.3, -0.25) is 9.59 Å². The van der Waals surface area contributed by atoms with E-state index in [4.69, 9.17) is 9.47 Å². The first kappa shape index (κ1) is 37.9. The van der Waals surface area contributed by atoms with Gasteiger partial charge in [-0.05, 0) is 18.8 Å². The van der Waals surface area contributed by atoms with Crippen LogP contribution in [-0.2, 0) is 19.1 Å². The number of hydrogen-bond acceptors (Lipinski definition) is 5. The van der Waals surface area contributed by atoms with Crippen LogP contribution in [0.1, 0.15) is 181 Å². The molecule has 5 heteroatoms. The van der Waals surface area contributed by atoms with Crippen LogP contribution in [0.2, 0.25) is 0 Å². The highest BCUT2D eigenvalue weighted by Gasteiger charge is 2.12. The molecule has 1 N–H and O–H groups in total. The van der Waals surface area contributed by atoms with E-state index in [1.165, 1.54) is 116 Å². The van der Waals surface area contributed by atoms with Crippen LogP contribution < -0.4 is 0 Å². The van der Waals surface area contributed by atoms with Crippen molar-refractivity contribution in [1.29, 1.82) is 0 Å². The van der Waals surface area contributed by atoms with Crippen LogP contribution in [0.4, 0.5) is 0 Å². The Morgan fingerprint density at radius 3 is 1.23 bits per heavy atom. The molecular weight excluding hydrogens is 488 g/mol. The summed E-state index contributed by atoms with van der Waals surface area (Å²) in [6.45, 7) is 6.64. The lowest BCUT2D eigenvalue weighted by molar-refractivity contribution is -0.152. The largest absolute Gasteiger partial charge is 0.463 e. The second kappa shape index (κ2) is 29.9. The summed E-state index contributed by atoms with van der Waals surface area (Å²) >= 11 is 0. The fourth-order valence-electron chi connectivity index (χ4n) is 4.88. The number of unbranched alkanes of at least 4 members (excludes halogenated alkanes) is 19. The van der Waals surface area contributed by atoms with Crippen molar-refractivity contribution >= 4 is 11.9 Å². The Hall–Kier alpha value is -1.10. The van der Waals surface area contributed by atoms with Crippen LogP contribution in [0.15, 0.2) is 0 Å². The molecule has 0 aromatic rings. The molecule has 0 radical (unpaired) electrons. The van der Waals surface area contributed by atoms with E-state index < -0.39 is 6.10 Å². The summed E-state index contributed by atoms with van der Waals surface area (Å²) in [6, 6.07) is 0. The van der Waals surface area contributed by atoms with Gasteiger partial charge in [-0.1, -0.05) is 156 Å². The molecule has 0 aliphatic heterocycles. The standard InChI is InChI=1S/C34H66O5/c1-4-6-7-8-9-10-11-12-13-14-18-21-24-27-33(36)38-29-32(35)30-39-34(37)28-25-22-19-16-15-17-20-23-26-31(3)5-2/h31-32,35H,4-30H2,1-3H3/t31?,32-/m0/s1. The SMILES string of the molecule is CCCCCCCCCCCCCCCC(=O)OC[C@H](O)COC(=O)CCCCCCCCCCC(C)CC. The minimum Gasteiger partial charge on any atom is -0.463 e. The summed E-state index contributed by atoms with van der Waals surface area (Å²) in [7, 11) is 0. The Morgan fingerprint density at radius 2 is 0.872 bits per heavy atom. The average molecular weight is 555 g/mol. The first-order chi connectivity index (χ1) is 19.0. The normalized spacial score (nSPS) is 12.8. The maximum Gasteiger partial charge on any atom is 0.305 e. The number of ether oxygens (including phenoxy) is 2. The zero-order chi connectivity index (χ0) is 28.8. The second-order valence-electron chi connectivity index (χ2n) is 11.9. The van der Waals surface area contributed by atoms with Gasteiger partial charge in [0.15, 0.2) is 0 Å². The molecule has 0 spiro atoms. The molecule has 0 bridgehead atoms. The maximum absolute atomic E-state index is 11.9. The lowest BCUT2D eigenvalue weighted by atomic mass is 9.99. The minimum atomic E-state index is -0.954. The lowest BCUT2D eigenvalue weighted by Crippen LogP contribution is -2.25. The number of esters is 2. The Bertz CT molecular complexity index is 536. The molecule has 0 fully saturated rings. The van der Waals surface area contributed by atoms with Gasteiger partial charge in [0, 0.05) is 12.8 Å². The van der Waals surface area contributed by atoms with Gasteiger partial charge < -0.3 is 14.6 Å². The number of carbonyl (C=O) groups excluding carboxylic acids is 2. The number of aliphatic hydroxyl groups excluding tert-OH is 1. The summed E-state index contributed by atoms with van der Waals surface area (Å²) in [5.41, 5.74) is 0. The highest BCUT2D eigenvalue weighted by Crippen LogP contribution is 2.16. The van der Waals surface area contributed by atoms with Crippen molar-refractivity contribution in [2.45, 2.75) is 187 Å². The second-order valence-corrected chi connectivity index (χ2v) is 11.9. The number of hydrogen-bond donors (Lipinski definition) is 1. The predicted octanol–water partition coefficient (Wildman–Crippen LogP) is 9.86. The molecule has 5 nitrogen and oxygen atoms in total. The quantitative estimate of drug-likeness (QED) is 0.0706. The highest BCUT2D eigenvalue weighted by atomic mass is 16.6. The van der Waals surface area contributed by atoms with Crippen molar-refractivity contribution in [3.05, 3.63) is 0 Å². The summed E-state index contributed by atoms with van der Waals surface area (Å²) < 4.78 is 10.3. The molecule has 1 unspecified atom stereocenters. The molecule has 0 aliphatic rings. The van der Waals surface area contributed by atoms with Gasteiger partial charge in [0.1, 0.15) is 19.3 Å². The van der Waals surface area contributed by atoms with E-state index in [1.54, 1.807) is 0 Å². The first-order valence-electron chi connectivity index (χ1n) is 17.0. The van der Waals surface area contributed by atoms with Crippen LogP contribution in [-0.4, -0.2) is 36.4 Å². The average Bonchev–Trinajstić information content (AvgIpc) is 2.93. The van der Waals surface area contributed by atoms with Gasteiger partial charge >= 0.3 is 11.9 Å². The van der Waals surface area contributed by atoms with Gasteiger partial charge in [0.05, 0.1) is 0 Å². The summed E-state index contributed by atoms with van der Waals surface area (Å²) in [5, 5.41) is 9.95. The van der Waals surface area contributed by atoms with Crippen molar-refractivity contribution in [2.75, 3.05) is 13.2 Å². The van der Waals surface area contributed by atoms with Gasteiger partial charge in [-0.15, -0.1) is 0 Å². The lowest BCUT2D eigenvalue weighted by Gasteiger charge is -2.12. The molecule has 0 aromatic carbocycles. The molecule has 0 heterocycles. The Labute approximate surface area is 242 Å². The van der Waals surface area contributed by atoms with E-state index in [0.717, 1.165) is 38.0 Å². The van der Waals surface area contributed by atoms with E-state index in [1.807, 2.05) is 0 Å². The predicted molar refractivity (Wildman–Crippen MR) is 164 cm³/mol. The van der Waals surface area contributed by atoms with E-state index >= 15 is 0 Å². The fraction of sp³-hybridized carbons (Fsp3) is 0.941. The summed E-state index contributed by atoms with van der Waals surface area (Å²) in [6.07, 6.45) is 28.6. The van der Waals surface area contributed by atoms with Gasteiger partial charge in [-0.2, -0.15) is 0 Å². The number of rotatable bonds is 30. The Morgan fingerprint density at radius 1 is 0.538 bits per heavy atom.